The topological polar surface area (TPSA) is 77.2 Å². The van der Waals surface area contributed by atoms with Gasteiger partial charge in [0.1, 0.15) is 18.1 Å². The van der Waals surface area contributed by atoms with Crippen LogP contribution in [0.3, 0.4) is 0 Å². The second kappa shape index (κ2) is 16.0. The molecule has 0 atom stereocenters. The first-order valence-electron chi connectivity index (χ1n) is 10.1. The van der Waals surface area contributed by atoms with Crippen LogP contribution in [-0.2, 0) is 16.1 Å². The number of hydrogen-bond acceptors (Lipinski definition) is 5. The van der Waals surface area contributed by atoms with Gasteiger partial charge in [0, 0.05) is 39.1 Å². The minimum absolute atomic E-state index is 0. The molecular formula is C22H34IN3O4. The lowest BCUT2D eigenvalue weighted by molar-refractivity contribution is 0.105. The molecule has 2 rings (SSSR count). The Bertz CT molecular complexity index is 691. The Morgan fingerprint density at radius 3 is 2.57 bits per heavy atom. The van der Waals surface area contributed by atoms with Crippen LogP contribution in [0, 0.1) is 0 Å². The van der Waals surface area contributed by atoms with E-state index in [0.717, 1.165) is 42.5 Å². The summed E-state index contributed by atoms with van der Waals surface area (Å²) in [5, 5.41) is 6.69. The van der Waals surface area contributed by atoms with E-state index >= 15 is 0 Å². The summed E-state index contributed by atoms with van der Waals surface area (Å²) >= 11 is 0. The van der Waals surface area contributed by atoms with Crippen LogP contribution in [-0.4, -0.2) is 45.5 Å². The zero-order valence-corrected chi connectivity index (χ0v) is 20.4. The van der Waals surface area contributed by atoms with Gasteiger partial charge in [-0.25, -0.2) is 0 Å². The Balaban J connectivity index is 0.00000450. The van der Waals surface area contributed by atoms with Gasteiger partial charge < -0.3 is 29.3 Å². The van der Waals surface area contributed by atoms with Crippen molar-refractivity contribution in [1.29, 1.82) is 0 Å². The van der Waals surface area contributed by atoms with Crippen molar-refractivity contribution < 1.29 is 18.6 Å². The number of halogens is 1. The van der Waals surface area contributed by atoms with E-state index in [4.69, 9.17) is 18.6 Å². The van der Waals surface area contributed by atoms with Crippen molar-refractivity contribution in [2.75, 3.05) is 38.7 Å². The fourth-order valence-corrected chi connectivity index (χ4v) is 2.51. The number of aliphatic imine (C=N–C) groups is 1. The van der Waals surface area contributed by atoms with Gasteiger partial charge in [-0.1, -0.05) is 0 Å². The van der Waals surface area contributed by atoms with Crippen LogP contribution in [0.5, 0.6) is 5.75 Å². The third-order valence-corrected chi connectivity index (χ3v) is 3.85. The molecule has 2 aromatic rings. The zero-order chi connectivity index (χ0) is 20.7. The van der Waals surface area contributed by atoms with Gasteiger partial charge >= 0.3 is 0 Å². The highest BCUT2D eigenvalue weighted by atomic mass is 127. The molecule has 30 heavy (non-hydrogen) atoms. The van der Waals surface area contributed by atoms with Gasteiger partial charge in [0.2, 0.25) is 0 Å². The van der Waals surface area contributed by atoms with Crippen LogP contribution in [0.1, 0.15) is 32.4 Å². The van der Waals surface area contributed by atoms with Crippen molar-refractivity contribution >= 4 is 35.6 Å². The summed E-state index contributed by atoms with van der Waals surface area (Å²) in [6.07, 6.45) is 3.54. The number of methoxy groups -OCH3 is 1. The molecule has 0 bridgehead atoms. The Hall–Kier alpha value is -1.78. The summed E-state index contributed by atoms with van der Waals surface area (Å²) in [5.41, 5.74) is 0.952. The Morgan fingerprint density at radius 2 is 1.90 bits per heavy atom. The highest BCUT2D eigenvalue weighted by Gasteiger charge is 2.03. The van der Waals surface area contributed by atoms with Gasteiger partial charge in [-0.15, -0.1) is 24.0 Å². The lowest BCUT2D eigenvalue weighted by Crippen LogP contribution is -2.32. The number of anilines is 1. The van der Waals surface area contributed by atoms with Crippen LogP contribution in [0.25, 0.3) is 0 Å². The SMILES string of the molecule is COCCCN=C(NCCCOCc1ccco1)Nc1ccc(OC(C)C)cc1.I. The molecule has 0 aliphatic heterocycles. The van der Waals surface area contributed by atoms with Gasteiger partial charge in [-0.2, -0.15) is 0 Å². The van der Waals surface area contributed by atoms with Gasteiger partial charge in [0.15, 0.2) is 5.96 Å². The molecule has 0 aliphatic rings. The summed E-state index contributed by atoms with van der Waals surface area (Å²) in [6, 6.07) is 11.6. The Labute approximate surface area is 196 Å². The van der Waals surface area contributed by atoms with E-state index in [1.54, 1.807) is 13.4 Å². The van der Waals surface area contributed by atoms with E-state index in [1.807, 2.05) is 50.2 Å². The van der Waals surface area contributed by atoms with E-state index in [0.29, 0.717) is 26.4 Å². The number of ether oxygens (including phenoxy) is 3. The molecule has 1 aromatic heterocycles. The van der Waals surface area contributed by atoms with Crippen LogP contribution < -0.4 is 15.4 Å². The zero-order valence-electron chi connectivity index (χ0n) is 18.1. The van der Waals surface area contributed by atoms with Crippen molar-refractivity contribution in [3.8, 4) is 5.75 Å². The predicted octanol–water partition coefficient (Wildman–Crippen LogP) is 4.69. The third kappa shape index (κ3) is 11.4. The number of rotatable bonds is 13. The smallest absolute Gasteiger partial charge is 0.195 e. The van der Waals surface area contributed by atoms with E-state index in [2.05, 4.69) is 15.6 Å². The number of hydrogen-bond donors (Lipinski definition) is 2. The van der Waals surface area contributed by atoms with Gasteiger partial charge in [-0.05, 0) is 63.1 Å². The van der Waals surface area contributed by atoms with E-state index in [9.17, 15) is 0 Å². The highest BCUT2D eigenvalue weighted by Crippen LogP contribution is 2.16. The third-order valence-electron chi connectivity index (χ3n) is 3.85. The number of nitrogens with zero attached hydrogens (tertiary/aromatic N) is 1. The summed E-state index contributed by atoms with van der Waals surface area (Å²) in [4.78, 5) is 4.61. The Morgan fingerprint density at radius 1 is 1.10 bits per heavy atom. The van der Waals surface area contributed by atoms with Crippen LogP contribution in [0.15, 0.2) is 52.1 Å². The number of furan rings is 1. The van der Waals surface area contributed by atoms with Crippen molar-refractivity contribution in [3.63, 3.8) is 0 Å². The first kappa shape index (κ1) is 26.3. The second-order valence-electron chi connectivity index (χ2n) is 6.80. The van der Waals surface area contributed by atoms with Crippen LogP contribution in [0.2, 0.25) is 0 Å². The maximum absolute atomic E-state index is 5.69. The molecule has 7 nitrogen and oxygen atoms in total. The Kier molecular flexibility index (Phi) is 14.0. The number of guanidine groups is 1. The van der Waals surface area contributed by atoms with Crippen molar-refractivity contribution in [2.24, 2.45) is 4.99 Å². The van der Waals surface area contributed by atoms with Gasteiger partial charge in [0.25, 0.3) is 0 Å². The predicted molar refractivity (Wildman–Crippen MR) is 131 cm³/mol. The minimum Gasteiger partial charge on any atom is -0.491 e. The first-order chi connectivity index (χ1) is 14.2. The molecule has 0 spiro atoms. The number of nitrogens with one attached hydrogen (secondary N) is 2. The molecule has 1 aromatic carbocycles. The molecule has 0 radical (unpaired) electrons. The molecule has 2 N–H and O–H groups in total. The largest absolute Gasteiger partial charge is 0.491 e. The van der Waals surface area contributed by atoms with Gasteiger partial charge in [-0.3, -0.25) is 4.99 Å². The molecule has 0 amide bonds. The van der Waals surface area contributed by atoms with Gasteiger partial charge in [0.05, 0.1) is 12.4 Å². The molecule has 168 valence electrons. The summed E-state index contributed by atoms with van der Waals surface area (Å²) in [7, 11) is 1.70. The molecule has 8 heteroatoms. The fourth-order valence-electron chi connectivity index (χ4n) is 2.51. The normalized spacial score (nSPS) is 11.3. The average Bonchev–Trinajstić information content (AvgIpc) is 3.22. The van der Waals surface area contributed by atoms with Crippen molar-refractivity contribution in [1.82, 2.24) is 5.32 Å². The van der Waals surface area contributed by atoms with Crippen LogP contribution >= 0.6 is 24.0 Å². The van der Waals surface area contributed by atoms with E-state index in [-0.39, 0.29) is 30.1 Å². The van der Waals surface area contributed by atoms with Crippen molar-refractivity contribution in [3.05, 3.63) is 48.4 Å². The lowest BCUT2D eigenvalue weighted by atomic mass is 10.3. The van der Waals surface area contributed by atoms with E-state index in [1.165, 1.54) is 0 Å². The maximum Gasteiger partial charge on any atom is 0.195 e. The standard InChI is InChI=1S/C22H33N3O4.HI/c1-18(2)29-20-10-8-19(9-11-20)25-22(23-12-5-14-26-3)24-13-6-15-27-17-21-7-4-16-28-21;/h4,7-11,16,18H,5-6,12-15,17H2,1-3H3,(H2,23,24,25);1H. The monoisotopic (exact) mass is 531 g/mol. The second-order valence-corrected chi connectivity index (χ2v) is 6.80. The summed E-state index contributed by atoms with van der Waals surface area (Å²) < 4.78 is 21.6. The van der Waals surface area contributed by atoms with E-state index < -0.39 is 0 Å². The summed E-state index contributed by atoms with van der Waals surface area (Å²) in [6.45, 7) is 7.30. The summed E-state index contributed by atoms with van der Waals surface area (Å²) in [5.74, 6) is 2.43. The van der Waals surface area contributed by atoms with Crippen molar-refractivity contribution in [2.45, 2.75) is 39.4 Å². The number of benzene rings is 1. The molecule has 0 fully saturated rings. The molecule has 0 saturated heterocycles. The minimum atomic E-state index is 0. The van der Waals surface area contributed by atoms with Crippen LogP contribution in [0.4, 0.5) is 5.69 Å². The lowest BCUT2D eigenvalue weighted by Gasteiger charge is -2.14. The molecule has 0 unspecified atom stereocenters. The molecule has 0 saturated carbocycles. The average molecular weight is 531 g/mol. The highest BCUT2D eigenvalue weighted by molar-refractivity contribution is 14.0. The molecular weight excluding hydrogens is 497 g/mol. The first-order valence-corrected chi connectivity index (χ1v) is 10.1. The molecule has 0 aliphatic carbocycles. The quantitative estimate of drug-likeness (QED) is 0.169. The molecule has 1 heterocycles. The fraction of sp³-hybridized carbons (Fsp3) is 0.500. The maximum atomic E-state index is 5.69.